The third kappa shape index (κ3) is 4.49. The molecule has 1 aromatic rings. The molecule has 0 bridgehead atoms. The molecule has 0 aliphatic heterocycles. The third-order valence-electron chi connectivity index (χ3n) is 3.26. The molecule has 5 heteroatoms. The first-order valence-corrected chi connectivity index (χ1v) is 7.71. The molecule has 1 rings (SSSR count). The van der Waals surface area contributed by atoms with Gasteiger partial charge in [-0.25, -0.2) is 0 Å². The monoisotopic (exact) mass is 341 g/mol. The van der Waals surface area contributed by atoms with Gasteiger partial charge in [-0.05, 0) is 55.8 Å². The summed E-state index contributed by atoms with van der Waals surface area (Å²) in [6.07, 6.45) is 0. The van der Waals surface area contributed by atoms with E-state index in [9.17, 15) is 4.79 Å². The number of anilines is 1. The van der Waals surface area contributed by atoms with Crippen LogP contribution in [-0.4, -0.2) is 36.0 Å². The van der Waals surface area contributed by atoms with E-state index >= 15 is 0 Å². The van der Waals surface area contributed by atoms with Crippen LogP contribution in [0.2, 0.25) is 0 Å². The molecule has 3 N–H and O–H groups in total. The van der Waals surface area contributed by atoms with Crippen molar-refractivity contribution in [2.75, 3.05) is 18.8 Å². The minimum atomic E-state index is -0.100. The molecule has 0 fully saturated rings. The van der Waals surface area contributed by atoms with Gasteiger partial charge in [-0.15, -0.1) is 0 Å². The van der Waals surface area contributed by atoms with Gasteiger partial charge in [-0.1, -0.05) is 6.07 Å². The summed E-state index contributed by atoms with van der Waals surface area (Å²) < 4.78 is 0.655. The average molecular weight is 342 g/mol. The van der Waals surface area contributed by atoms with Crippen LogP contribution in [0.5, 0.6) is 0 Å². The van der Waals surface area contributed by atoms with E-state index in [4.69, 9.17) is 5.73 Å². The van der Waals surface area contributed by atoms with E-state index in [1.165, 1.54) is 0 Å². The van der Waals surface area contributed by atoms with Crippen molar-refractivity contribution < 1.29 is 4.79 Å². The predicted octanol–water partition coefficient (Wildman–Crippen LogP) is 2.88. The average Bonchev–Trinajstić information content (AvgIpc) is 2.36. The van der Waals surface area contributed by atoms with Crippen LogP contribution in [0.4, 0.5) is 5.69 Å². The Bertz CT molecular complexity index is 452. The second-order valence-electron chi connectivity index (χ2n) is 5.39. The fourth-order valence-corrected chi connectivity index (χ4v) is 2.68. The van der Waals surface area contributed by atoms with Crippen LogP contribution in [0.1, 0.15) is 38.1 Å². The van der Waals surface area contributed by atoms with Gasteiger partial charge in [0, 0.05) is 30.9 Å². The molecule has 1 amide bonds. The largest absolute Gasteiger partial charge is 0.398 e. The molecule has 0 aliphatic carbocycles. The molecular formula is C15H24BrN3O. The standard InChI is InChI=1S/C15H24BrN3O/c1-10(2)19(11(3)4)9-8-18-15(20)12-6-5-7-13(17)14(12)16/h5-7,10-11H,8-9,17H2,1-4H3,(H,18,20). The Morgan fingerprint density at radius 1 is 1.30 bits per heavy atom. The summed E-state index contributed by atoms with van der Waals surface area (Å²) in [5, 5.41) is 2.94. The van der Waals surface area contributed by atoms with Gasteiger partial charge in [-0.2, -0.15) is 0 Å². The predicted molar refractivity (Wildman–Crippen MR) is 87.9 cm³/mol. The molecule has 1 aromatic carbocycles. The molecule has 4 nitrogen and oxygen atoms in total. The Kier molecular flexibility index (Phi) is 6.49. The van der Waals surface area contributed by atoms with E-state index in [-0.39, 0.29) is 5.91 Å². The van der Waals surface area contributed by atoms with Gasteiger partial charge >= 0.3 is 0 Å². The van der Waals surface area contributed by atoms with Gasteiger partial charge in [0.1, 0.15) is 0 Å². The van der Waals surface area contributed by atoms with Crippen LogP contribution >= 0.6 is 15.9 Å². The second-order valence-corrected chi connectivity index (χ2v) is 6.18. The van der Waals surface area contributed by atoms with Crippen molar-refractivity contribution in [3.05, 3.63) is 28.2 Å². The summed E-state index contributed by atoms with van der Waals surface area (Å²) in [5.41, 5.74) is 6.93. The summed E-state index contributed by atoms with van der Waals surface area (Å²) >= 11 is 3.35. The zero-order valence-corrected chi connectivity index (χ0v) is 14.2. The second kappa shape index (κ2) is 7.64. The maximum atomic E-state index is 12.1. The Morgan fingerprint density at radius 2 is 1.90 bits per heavy atom. The lowest BCUT2D eigenvalue weighted by Crippen LogP contribution is -2.42. The molecular weight excluding hydrogens is 318 g/mol. The SMILES string of the molecule is CC(C)N(CCNC(=O)c1cccc(N)c1Br)C(C)C. The number of nitrogens with one attached hydrogen (secondary N) is 1. The van der Waals surface area contributed by atoms with Gasteiger partial charge in [0.15, 0.2) is 0 Å². The molecule has 0 unspecified atom stereocenters. The van der Waals surface area contributed by atoms with Crippen molar-refractivity contribution >= 4 is 27.5 Å². The van der Waals surface area contributed by atoms with E-state index in [0.29, 0.717) is 34.4 Å². The molecule has 0 atom stereocenters. The van der Waals surface area contributed by atoms with E-state index in [1.54, 1.807) is 18.2 Å². The maximum absolute atomic E-state index is 12.1. The molecule has 0 aromatic heterocycles. The van der Waals surface area contributed by atoms with Crippen LogP contribution in [0, 0.1) is 0 Å². The lowest BCUT2D eigenvalue weighted by Gasteiger charge is -2.30. The zero-order chi connectivity index (χ0) is 15.3. The fraction of sp³-hybridized carbons (Fsp3) is 0.533. The summed E-state index contributed by atoms with van der Waals surface area (Å²) in [7, 11) is 0. The van der Waals surface area contributed by atoms with Crippen molar-refractivity contribution in [1.29, 1.82) is 0 Å². The molecule has 0 saturated carbocycles. The van der Waals surface area contributed by atoms with Gasteiger partial charge in [0.25, 0.3) is 5.91 Å². The van der Waals surface area contributed by atoms with E-state index in [0.717, 1.165) is 6.54 Å². The number of rotatable bonds is 6. The Hall–Kier alpha value is -1.07. The fourth-order valence-electron chi connectivity index (χ4n) is 2.23. The highest BCUT2D eigenvalue weighted by Gasteiger charge is 2.15. The molecule has 0 spiro atoms. The van der Waals surface area contributed by atoms with Crippen LogP contribution in [0.25, 0.3) is 0 Å². The van der Waals surface area contributed by atoms with Gasteiger partial charge in [0.05, 0.1) is 10.0 Å². The normalized spacial score (nSPS) is 11.4. The Balaban J connectivity index is 2.58. The summed E-state index contributed by atoms with van der Waals surface area (Å²) in [5.74, 6) is -0.100. The highest BCUT2D eigenvalue weighted by atomic mass is 79.9. The quantitative estimate of drug-likeness (QED) is 0.782. The smallest absolute Gasteiger partial charge is 0.252 e. The number of nitrogens with two attached hydrogens (primary N) is 1. The number of benzene rings is 1. The van der Waals surface area contributed by atoms with Crippen molar-refractivity contribution in [2.45, 2.75) is 39.8 Å². The molecule has 0 saturated heterocycles. The Labute approximate surface area is 129 Å². The molecule has 20 heavy (non-hydrogen) atoms. The number of nitrogens with zero attached hydrogens (tertiary/aromatic N) is 1. The van der Waals surface area contributed by atoms with E-state index in [1.807, 2.05) is 0 Å². The van der Waals surface area contributed by atoms with Gasteiger partial charge in [0.2, 0.25) is 0 Å². The highest BCUT2D eigenvalue weighted by Crippen LogP contribution is 2.23. The molecule has 0 aliphatic rings. The summed E-state index contributed by atoms with van der Waals surface area (Å²) in [4.78, 5) is 14.5. The van der Waals surface area contributed by atoms with Crippen molar-refractivity contribution in [3.8, 4) is 0 Å². The number of hydrogen-bond acceptors (Lipinski definition) is 3. The minimum absolute atomic E-state index is 0.100. The minimum Gasteiger partial charge on any atom is -0.398 e. The molecule has 0 radical (unpaired) electrons. The lowest BCUT2D eigenvalue weighted by molar-refractivity contribution is 0.0938. The van der Waals surface area contributed by atoms with Crippen molar-refractivity contribution in [1.82, 2.24) is 10.2 Å². The number of halogens is 1. The zero-order valence-electron chi connectivity index (χ0n) is 12.6. The summed E-state index contributed by atoms with van der Waals surface area (Å²) in [6.45, 7) is 10.1. The molecule has 0 heterocycles. The first-order valence-electron chi connectivity index (χ1n) is 6.92. The highest BCUT2D eigenvalue weighted by molar-refractivity contribution is 9.10. The number of carbonyl (C=O) groups is 1. The number of amides is 1. The van der Waals surface area contributed by atoms with Crippen LogP contribution in [0.15, 0.2) is 22.7 Å². The van der Waals surface area contributed by atoms with Crippen LogP contribution in [-0.2, 0) is 0 Å². The Morgan fingerprint density at radius 3 is 2.45 bits per heavy atom. The number of nitrogen functional groups attached to an aromatic ring is 1. The van der Waals surface area contributed by atoms with Crippen LogP contribution < -0.4 is 11.1 Å². The topological polar surface area (TPSA) is 58.4 Å². The first-order chi connectivity index (χ1) is 9.34. The van der Waals surface area contributed by atoms with E-state index in [2.05, 4.69) is 53.8 Å². The van der Waals surface area contributed by atoms with Crippen molar-refractivity contribution in [3.63, 3.8) is 0 Å². The first kappa shape index (κ1) is 17.0. The number of hydrogen-bond donors (Lipinski definition) is 2. The van der Waals surface area contributed by atoms with Crippen LogP contribution in [0.3, 0.4) is 0 Å². The van der Waals surface area contributed by atoms with Gasteiger partial charge in [-0.3, -0.25) is 9.69 Å². The van der Waals surface area contributed by atoms with Gasteiger partial charge < -0.3 is 11.1 Å². The van der Waals surface area contributed by atoms with E-state index < -0.39 is 0 Å². The third-order valence-corrected chi connectivity index (χ3v) is 4.14. The maximum Gasteiger partial charge on any atom is 0.252 e. The lowest BCUT2D eigenvalue weighted by atomic mass is 10.2. The summed E-state index contributed by atoms with van der Waals surface area (Å²) in [6, 6.07) is 6.24. The van der Waals surface area contributed by atoms with Crippen molar-refractivity contribution in [2.24, 2.45) is 0 Å². The molecule has 112 valence electrons. The number of carbonyl (C=O) groups excluding carboxylic acids is 1.